The number of aliphatic hydroxyl groups is 1. The summed E-state index contributed by atoms with van der Waals surface area (Å²) in [5.74, 6) is 0.217. The third-order valence-electron chi connectivity index (χ3n) is 3.04. The molecule has 0 fully saturated rings. The lowest BCUT2D eigenvalue weighted by Gasteiger charge is -2.05. The summed E-state index contributed by atoms with van der Waals surface area (Å²) in [6.07, 6.45) is 1.57. The first-order chi connectivity index (χ1) is 8.79. The normalized spacial score (nSPS) is 10.9. The molecule has 0 saturated carbocycles. The Kier molecular flexibility index (Phi) is 2.54. The van der Waals surface area contributed by atoms with Crippen molar-refractivity contribution in [2.75, 3.05) is 0 Å². The van der Waals surface area contributed by atoms with Gasteiger partial charge in [-0.2, -0.15) is 0 Å². The zero-order valence-electron chi connectivity index (χ0n) is 9.63. The first kappa shape index (κ1) is 10.9. The van der Waals surface area contributed by atoms with Crippen LogP contribution in [0.4, 0.5) is 0 Å². The Bertz CT molecular complexity index is 681. The van der Waals surface area contributed by atoms with Gasteiger partial charge in [-0.05, 0) is 29.3 Å². The van der Waals surface area contributed by atoms with Crippen LogP contribution in [0.1, 0.15) is 5.56 Å². The van der Waals surface area contributed by atoms with Crippen molar-refractivity contribution in [3.63, 3.8) is 0 Å². The molecule has 90 valence electrons. The van der Waals surface area contributed by atoms with Crippen LogP contribution >= 0.6 is 0 Å². The van der Waals surface area contributed by atoms with Crippen molar-refractivity contribution in [2.45, 2.75) is 6.61 Å². The van der Waals surface area contributed by atoms with Crippen LogP contribution in [0.15, 0.2) is 53.1 Å². The number of aromatic hydroxyl groups is 1. The van der Waals surface area contributed by atoms with E-state index in [1.807, 2.05) is 30.3 Å². The van der Waals surface area contributed by atoms with Gasteiger partial charge in [0.05, 0.1) is 18.3 Å². The summed E-state index contributed by atoms with van der Waals surface area (Å²) in [5, 5.41) is 19.5. The maximum absolute atomic E-state index is 9.72. The molecule has 0 amide bonds. The molecule has 1 aromatic heterocycles. The van der Waals surface area contributed by atoms with E-state index in [1.54, 1.807) is 18.4 Å². The topological polar surface area (TPSA) is 53.6 Å². The SMILES string of the molecule is OCc1ccc(-c2ccc(O)c3ccoc23)cc1. The van der Waals surface area contributed by atoms with Gasteiger partial charge in [0.25, 0.3) is 0 Å². The lowest BCUT2D eigenvalue weighted by atomic mass is 10.0. The molecular weight excluding hydrogens is 228 g/mol. The molecule has 3 heteroatoms. The molecule has 2 N–H and O–H groups in total. The number of furan rings is 1. The lowest BCUT2D eigenvalue weighted by Crippen LogP contribution is -1.84. The van der Waals surface area contributed by atoms with Crippen molar-refractivity contribution in [1.29, 1.82) is 0 Å². The van der Waals surface area contributed by atoms with Crippen LogP contribution in [-0.4, -0.2) is 10.2 Å². The summed E-state index contributed by atoms with van der Waals surface area (Å²) in [6.45, 7) is 0.0338. The van der Waals surface area contributed by atoms with Crippen LogP contribution in [0.2, 0.25) is 0 Å². The second-order valence-electron chi connectivity index (χ2n) is 4.15. The summed E-state index contributed by atoms with van der Waals surface area (Å²) >= 11 is 0. The molecule has 0 spiro atoms. The zero-order valence-corrected chi connectivity index (χ0v) is 9.63. The van der Waals surface area contributed by atoms with Crippen molar-refractivity contribution < 1.29 is 14.6 Å². The van der Waals surface area contributed by atoms with Gasteiger partial charge in [0.2, 0.25) is 0 Å². The molecule has 3 nitrogen and oxygen atoms in total. The van der Waals surface area contributed by atoms with E-state index in [4.69, 9.17) is 9.52 Å². The second-order valence-corrected chi connectivity index (χ2v) is 4.15. The fraction of sp³-hybridized carbons (Fsp3) is 0.0667. The Morgan fingerprint density at radius 2 is 1.72 bits per heavy atom. The third-order valence-corrected chi connectivity index (χ3v) is 3.04. The minimum atomic E-state index is 0.0338. The van der Waals surface area contributed by atoms with E-state index in [0.29, 0.717) is 11.0 Å². The molecule has 3 rings (SSSR count). The van der Waals surface area contributed by atoms with Crippen molar-refractivity contribution >= 4 is 11.0 Å². The van der Waals surface area contributed by atoms with Crippen molar-refractivity contribution in [2.24, 2.45) is 0 Å². The fourth-order valence-electron chi connectivity index (χ4n) is 2.06. The van der Waals surface area contributed by atoms with Gasteiger partial charge in [-0.25, -0.2) is 0 Å². The van der Waals surface area contributed by atoms with Gasteiger partial charge in [0.15, 0.2) is 0 Å². The summed E-state index contributed by atoms with van der Waals surface area (Å²) in [5.41, 5.74) is 3.46. The average molecular weight is 240 g/mol. The van der Waals surface area contributed by atoms with Crippen LogP contribution in [0.25, 0.3) is 22.1 Å². The number of hydrogen-bond acceptors (Lipinski definition) is 3. The van der Waals surface area contributed by atoms with E-state index in [-0.39, 0.29) is 12.4 Å². The van der Waals surface area contributed by atoms with Gasteiger partial charge < -0.3 is 14.6 Å². The van der Waals surface area contributed by atoms with E-state index < -0.39 is 0 Å². The Morgan fingerprint density at radius 3 is 2.44 bits per heavy atom. The molecule has 0 atom stereocenters. The second kappa shape index (κ2) is 4.20. The van der Waals surface area contributed by atoms with Crippen LogP contribution in [0.5, 0.6) is 5.75 Å². The Balaban J connectivity index is 2.18. The number of aliphatic hydroxyl groups excluding tert-OH is 1. The summed E-state index contributed by atoms with van der Waals surface area (Å²) in [4.78, 5) is 0. The standard InChI is InChI=1S/C15H12O3/c16-9-10-1-3-11(4-2-10)12-5-6-14(17)13-7-8-18-15(12)13/h1-8,16-17H,9H2. The first-order valence-electron chi connectivity index (χ1n) is 5.69. The number of fused-ring (bicyclic) bond motifs is 1. The molecule has 0 radical (unpaired) electrons. The van der Waals surface area contributed by atoms with Crippen LogP contribution in [0.3, 0.4) is 0 Å². The Hall–Kier alpha value is -2.26. The lowest BCUT2D eigenvalue weighted by molar-refractivity contribution is 0.282. The molecule has 0 unspecified atom stereocenters. The minimum absolute atomic E-state index is 0.0338. The van der Waals surface area contributed by atoms with Crippen molar-refractivity contribution in [3.05, 3.63) is 54.3 Å². The zero-order chi connectivity index (χ0) is 12.5. The quantitative estimate of drug-likeness (QED) is 0.722. The maximum Gasteiger partial charge on any atom is 0.145 e. The smallest absolute Gasteiger partial charge is 0.145 e. The molecule has 0 bridgehead atoms. The summed E-state index contributed by atoms with van der Waals surface area (Å²) in [6, 6.07) is 12.8. The molecule has 2 aromatic carbocycles. The molecule has 0 aliphatic rings. The highest BCUT2D eigenvalue weighted by Crippen LogP contribution is 2.34. The van der Waals surface area contributed by atoms with Gasteiger partial charge in [-0.1, -0.05) is 24.3 Å². The molecule has 3 aromatic rings. The van der Waals surface area contributed by atoms with Crippen molar-refractivity contribution in [1.82, 2.24) is 0 Å². The van der Waals surface area contributed by atoms with Crippen LogP contribution in [-0.2, 0) is 6.61 Å². The largest absolute Gasteiger partial charge is 0.507 e. The fourth-order valence-corrected chi connectivity index (χ4v) is 2.06. The molecule has 18 heavy (non-hydrogen) atoms. The highest BCUT2D eigenvalue weighted by Gasteiger charge is 2.09. The van der Waals surface area contributed by atoms with E-state index in [9.17, 15) is 5.11 Å². The Labute approximate surface area is 104 Å². The van der Waals surface area contributed by atoms with Gasteiger partial charge in [0, 0.05) is 5.56 Å². The summed E-state index contributed by atoms with van der Waals surface area (Å²) < 4.78 is 5.43. The number of phenolic OH excluding ortho intramolecular Hbond substituents is 1. The monoisotopic (exact) mass is 240 g/mol. The molecular formula is C15H12O3. The number of rotatable bonds is 2. The number of benzene rings is 2. The van der Waals surface area contributed by atoms with Gasteiger partial charge >= 0.3 is 0 Å². The maximum atomic E-state index is 9.72. The van der Waals surface area contributed by atoms with Crippen molar-refractivity contribution in [3.8, 4) is 16.9 Å². The van der Waals surface area contributed by atoms with Gasteiger partial charge in [-0.15, -0.1) is 0 Å². The third kappa shape index (κ3) is 1.65. The van der Waals surface area contributed by atoms with Gasteiger partial charge in [-0.3, -0.25) is 0 Å². The summed E-state index contributed by atoms with van der Waals surface area (Å²) in [7, 11) is 0. The van der Waals surface area contributed by atoms with Crippen LogP contribution < -0.4 is 0 Å². The van der Waals surface area contributed by atoms with E-state index in [0.717, 1.165) is 16.7 Å². The predicted octanol–water partition coefficient (Wildman–Crippen LogP) is 3.30. The molecule has 1 heterocycles. The molecule has 0 saturated heterocycles. The highest BCUT2D eigenvalue weighted by atomic mass is 16.3. The van der Waals surface area contributed by atoms with E-state index >= 15 is 0 Å². The predicted molar refractivity (Wildman–Crippen MR) is 69.2 cm³/mol. The molecule has 0 aliphatic carbocycles. The van der Waals surface area contributed by atoms with Crippen LogP contribution in [0, 0.1) is 0 Å². The Morgan fingerprint density at radius 1 is 0.944 bits per heavy atom. The first-order valence-corrected chi connectivity index (χ1v) is 5.69. The molecule has 0 aliphatic heterocycles. The van der Waals surface area contributed by atoms with E-state index in [1.165, 1.54) is 0 Å². The van der Waals surface area contributed by atoms with E-state index in [2.05, 4.69) is 0 Å². The average Bonchev–Trinajstić information content (AvgIpc) is 2.90. The highest BCUT2D eigenvalue weighted by molar-refractivity contribution is 5.96. The number of hydrogen-bond donors (Lipinski definition) is 2. The number of phenols is 1. The van der Waals surface area contributed by atoms with Gasteiger partial charge in [0.1, 0.15) is 11.3 Å². The minimum Gasteiger partial charge on any atom is -0.507 e.